The molecule has 0 bridgehead atoms. The minimum absolute atomic E-state index is 0.0498. The fourth-order valence-electron chi connectivity index (χ4n) is 2.94. The number of benzene rings is 2. The highest BCUT2D eigenvalue weighted by molar-refractivity contribution is 6.00. The van der Waals surface area contributed by atoms with Gasteiger partial charge in [0.05, 0.1) is 26.2 Å². The number of carbonyl (C=O) groups is 3. The largest absolute Gasteiger partial charge is 0.493 e. The zero-order valence-electron chi connectivity index (χ0n) is 17.7. The normalized spacial score (nSPS) is 12.3. The molecule has 0 aliphatic carbocycles. The highest BCUT2D eigenvalue weighted by Crippen LogP contribution is 2.35. The molecule has 0 radical (unpaired) electrons. The van der Waals surface area contributed by atoms with E-state index in [1.807, 2.05) is 30.3 Å². The molecule has 1 amide bonds. The molecule has 0 heterocycles. The highest BCUT2D eigenvalue weighted by Gasteiger charge is 2.26. The number of nitrogens with one attached hydrogen (secondary N) is 1. The first-order chi connectivity index (χ1) is 15.2. The molecule has 2 atom stereocenters. The maximum atomic E-state index is 12.8. The first-order valence-electron chi connectivity index (χ1n) is 9.69. The van der Waals surface area contributed by atoms with E-state index in [0.29, 0.717) is 6.42 Å². The van der Waals surface area contributed by atoms with Crippen LogP contribution in [0, 0.1) is 0 Å². The molecule has 10 nitrogen and oxygen atoms in total. The molecule has 0 saturated heterocycles. The van der Waals surface area contributed by atoms with Gasteiger partial charge in [-0.3, -0.25) is 9.59 Å². The van der Waals surface area contributed by atoms with Crippen molar-refractivity contribution in [1.29, 1.82) is 0 Å². The van der Waals surface area contributed by atoms with Crippen molar-refractivity contribution in [3.63, 3.8) is 0 Å². The maximum absolute atomic E-state index is 12.8. The van der Waals surface area contributed by atoms with Crippen molar-refractivity contribution < 1.29 is 38.8 Å². The summed E-state index contributed by atoms with van der Waals surface area (Å²) >= 11 is 0. The summed E-state index contributed by atoms with van der Waals surface area (Å²) in [6, 6.07) is 10.3. The summed E-state index contributed by atoms with van der Waals surface area (Å²) in [6.45, 7) is 0.0577. The van der Waals surface area contributed by atoms with Crippen LogP contribution in [0.25, 0.3) is 0 Å². The Morgan fingerprint density at radius 2 is 1.62 bits per heavy atom. The van der Waals surface area contributed by atoms with E-state index in [9.17, 15) is 19.5 Å². The van der Waals surface area contributed by atoms with Gasteiger partial charge in [-0.25, -0.2) is 4.79 Å². The monoisotopic (exact) mass is 446 g/mol. The number of hydrogen-bond donors (Lipinski definition) is 4. The molecule has 2 aromatic carbocycles. The first kappa shape index (κ1) is 24.5. The van der Waals surface area contributed by atoms with E-state index >= 15 is 0 Å². The Morgan fingerprint density at radius 1 is 1.00 bits per heavy atom. The molecule has 2 unspecified atom stereocenters. The predicted octanol–water partition coefficient (Wildman–Crippen LogP) is 1.31. The number of rotatable bonds is 12. The van der Waals surface area contributed by atoms with E-state index in [4.69, 9.17) is 25.1 Å². The quantitative estimate of drug-likeness (QED) is 0.377. The molecular weight excluding hydrogens is 420 g/mol. The van der Waals surface area contributed by atoms with Crippen LogP contribution in [0.1, 0.15) is 22.3 Å². The molecule has 2 rings (SSSR count). The highest BCUT2D eigenvalue weighted by atomic mass is 16.5. The van der Waals surface area contributed by atoms with Crippen LogP contribution in [-0.4, -0.2) is 61.0 Å². The SMILES string of the molecule is COc1cc(OCC(N)Cc2ccccc2)c(C(=O)NC(CC(=O)O)C(=O)O)cc1OC. The second-order valence-corrected chi connectivity index (χ2v) is 6.93. The number of hydrogen-bond acceptors (Lipinski definition) is 7. The van der Waals surface area contributed by atoms with Crippen LogP contribution in [-0.2, 0) is 16.0 Å². The van der Waals surface area contributed by atoms with Crippen LogP contribution in [0.15, 0.2) is 42.5 Å². The van der Waals surface area contributed by atoms with Crippen molar-refractivity contribution in [3.8, 4) is 17.2 Å². The van der Waals surface area contributed by atoms with Gasteiger partial charge in [-0.2, -0.15) is 0 Å². The lowest BCUT2D eigenvalue weighted by Crippen LogP contribution is -2.42. The third-order valence-corrected chi connectivity index (χ3v) is 4.51. The number of amides is 1. The van der Waals surface area contributed by atoms with Gasteiger partial charge in [0, 0.05) is 18.2 Å². The van der Waals surface area contributed by atoms with Gasteiger partial charge in [-0.15, -0.1) is 0 Å². The van der Waals surface area contributed by atoms with Gasteiger partial charge in [0.2, 0.25) is 0 Å². The van der Waals surface area contributed by atoms with Gasteiger partial charge in [0.15, 0.2) is 11.5 Å². The molecule has 5 N–H and O–H groups in total. The van der Waals surface area contributed by atoms with Gasteiger partial charge in [-0.1, -0.05) is 30.3 Å². The van der Waals surface area contributed by atoms with Gasteiger partial charge >= 0.3 is 11.9 Å². The Labute approximate surface area is 184 Å². The summed E-state index contributed by atoms with van der Waals surface area (Å²) < 4.78 is 16.2. The second kappa shape index (κ2) is 11.6. The summed E-state index contributed by atoms with van der Waals surface area (Å²) in [5.74, 6) is -3.10. The van der Waals surface area contributed by atoms with Gasteiger partial charge < -0.3 is 35.5 Å². The van der Waals surface area contributed by atoms with Crippen LogP contribution in [0.5, 0.6) is 17.2 Å². The Hall–Kier alpha value is -3.79. The van der Waals surface area contributed by atoms with Gasteiger partial charge in [0.25, 0.3) is 5.91 Å². The van der Waals surface area contributed by atoms with Crippen LogP contribution >= 0.6 is 0 Å². The number of nitrogens with two attached hydrogens (primary N) is 1. The number of carboxylic acid groups (broad SMARTS) is 2. The smallest absolute Gasteiger partial charge is 0.326 e. The van der Waals surface area contributed by atoms with Gasteiger partial charge in [-0.05, 0) is 12.0 Å². The number of methoxy groups -OCH3 is 2. The van der Waals surface area contributed by atoms with Crippen molar-refractivity contribution in [2.45, 2.75) is 24.9 Å². The van der Waals surface area contributed by atoms with E-state index < -0.39 is 30.3 Å². The lowest BCUT2D eigenvalue weighted by Gasteiger charge is -2.19. The van der Waals surface area contributed by atoms with Crippen molar-refractivity contribution in [3.05, 3.63) is 53.6 Å². The van der Waals surface area contributed by atoms with Crippen molar-refractivity contribution in [2.75, 3.05) is 20.8 Å². The first-order valence-corrected chi connectivity index (χ1v) is 9.69. The average Bonchev–Trinajstić information content (AvgIpc) is 2.76. The number of ether oxygens (including phenoxy) is 3. The fourth-order valence-corrected chi connectivity index (χ4v) is 2.94. The summed E-state index contributed by atoms with van der Waals surface area (Å²) in [4.78, 5) is 35.0. The lowest BCUT2D eigenvalue weighted by atomic mass is 10.1. The van der Waals surface area contributed by atoms with Gasteiger partial charge in [0.1, 0.15) is 18.4 Å². The molecule has 32 heavy (non-hydrogen) atoms. The summed E-state index contributed by atoms with van der Waals surface area (Å²) in [7, 11) is 2.79. The molecule has 0 aliphatic heterocycles. The fraction of sp³-hybridized carbons (Fsp3) is 0.318. The Kier molecular flexibility index (Phi) is 8.84. The van der Waals surface area contributed by atoms with Crippen LogP contribution < -0.4 is 25.3 Å². The van der Waals surface area contributed by atoms with Crippen LogP contribution in [0.2, 0.25) is 0 Å². The molecule has 0 saturated carbocycles. The lowest BCUT2D eigenvalue weighted by molar-refractivity contribution is -0.145. The number of aliphatic carboxylic acids is 2. The third-order valence-electron chi connectivity index (χ3n) is 4.51. The summed E-state index contributed by atoms with van der Waals surface area (Å²) in [5, 5.41) is 20.3. The summed E-state index contributed by atoms with van der Waals surface area (Å²) in [6.07, 6.45) is -0.248. The molecule has 0 fully saturated rings. The molecular formula is C22H26N2O8. The Bertz CT molecular complexity index is 948. The van der Waals surface area contributed by atoms with E-state index in [1.54, 1.807) is 0 Å². The summed E-state index contributed by atoms with van der Waals surface area (Å²) in [5.41, 5.74) is 7.13. The molecule has 10 heteroatoms. The second-order valence-electron chi connectivity index (χ2n) is 6.93. The number of carbonyl (C=O) groups excluding carboxylic acids is 1. The Morgan fingerprint density at radius 3 is 2.19 bits per heavy atom. The minimum Gasteiger partial charge on any atom is -0.493 e. The maximum Gasteiger partial charge on any atom is 0.326 e. The standard InChI is InChI=1S/C22H26N2O8/c1-30-18-9-15(21(27)24-16(22(28)29)10-20(25)26)17(11-19(18)31-2)32-12-14(23)8-13-6-4-3-5-7-13/h3-7,9,11,14,16H,8,10,12,23H2,1-2H3,(H,24,27)(H,25,26)(H,28,29). The van der Waals surface area contributed by atoms with E-state index in [1.165, 1.54) is 26.4 Å². The minimum atomic E-state index is -1.62. The molecule has 0 aliphatic rings. The molecule has 2 aromatic rings. The molecule has 0 spiro atoms. The van der Waals surface area contributed by atoms with E-state index in [-0.39, 0.29) is 35.5 Å². The van der Waals surface area contributed by atoms with E-state index in [2.05, 4.69) is 5.32 Å². The predicted molar refractivity (Wildman–Crippen MR) is 114 cm³/mol. The zero-order chi connectivity index (χ0) is 23.7. The van der Waals surface area contributed by atoms with Crippen molar-refractivity contribution in [1.82, 2.24) is 5.32 Å². The van der Waals surface area contributed by atoms with Crippen molar-refractivity contribution >= 4 is 17.8 Å². The Balaban J connectivity index is 2.25. The van der Waals surface area contributed by atoms with Crippen molar-refractivity contribution in [2.24, 2.45) is 5.73 Å². The molecule has 0 aromatic heterocycles. The average molecular weight is 446 g/mol. The zero-order valence-corrected chi connectivity index (χ0v) is 17.7. The van der Waals surface area contributed by atoms with Crippen LogP contribution in [0.3, 0.4) is 0 Å². The van der Waals surface area contributed by atoms with Crippen LogP contribution in [0.4, 0.5) is 0 Å². The topological polar surface area (TPSA) is 157 Å². The molecule has 172 valence electrons. The third kappa shape index (κ3) is 6.88. The van der Waals surface area contributed by atoms with E-state index in [0.717, 1.165) is 5.56 Å². The number of carboxylic acids is 2.